The summed E-state index contributed by atoms with van der Waals surface area (Å²) in [6.07, 6.45) is 0.794. The number of rotatable bonds is 3. The Kier molecular flexibility index (Phi) is 8.91. The largest absolute Gasteiger partial charge is 0.457 e. The molecule has 4 bridgehead atoms. The van der Waals surface area contributed by atoms with Gasteiger partial charge in [-0.3, -0.25) is 14.4 Å². The summed E-state index contributed by atoms with van der Waals surface area (Å²) in [5.74, 6) is 0.625. The fourth-order valence-corrected chi connectivity index (χ4v) is 5.40. The molecule has 0 unspecified atom stereocenters. The van der Waals surface area contributed by atoms with Crippen molar-refractivity contribution in [2.45, 2.75) is 52.4 Å². The highest BCUT2D eigenvalue weighted by Crippen LogP contribution is 2.28. The highest BCUT2D eigenvalue weighted by molar-refractivity contribution is 5.97. The van der Waals surface area contributed by atoms with Crippen LogP contribution in [0.1, 0.15) is 57.9 Å². The van der Waals surface area contributed by atoms with Crippen LogP contribution in [0.3, 0.4) is 0 Å². The minimum Gasteiger partial charge on any atom is -0.457 e. The molecule has 2 aliphatic heterocycles. The molecule has 1 fully saturated rings. The highest BCUT2D eigenvalue weighted by Gasteiger charge is 2.35. The van der Waals surface area contributed by atoms with E-state index in [-0.39, 0.29) is 48.6 Å². The minimum atomic E-state index is -0.513. The molecule has 0 saturated carbocycles. The smallest absolute Gasteiger partial charge is 0.272 e. The minimum absolute atomic E-state index is 0.0531. The first kappa shape index (κ1) is 30.0. The van der Waals surface area contributed by atoms with Gasteiger partial charge in [0.2, 0.25) is 11.9 Å². The number of likely N-dealkylation sites (tertiary alicyclic amines) is 1. The Hall–Kier alpha value is -4.51. The molecule has 226 valence electrons. The predicted octanol–water partition coefficient (Wildman–Crippen LogP) is 3.36. The van der Waals surface area contributed by atoms with E-state index < -0.39 is 6.04 Å². The van der Waals surface area contributed by atoms with E-state index in [0.29, 0.717) is 54.7 Å². The van der Waals surface area contributed by atoms with E-state index in [4.69, 9.17) is 15.2 Å². The number of nitrogens with two attached hydrogens (primary N) is 1. The number of piperidine rings is 1. The lowest BCUT2D eigenvalue weighted by molar-refractivity contribution is -0.124. The van der Waals surface area contributed by atoms with E-state index in [1.165, 1.54) is 4.90 Å². The first-order valence-electron chi connectivity index (χ1n) is 14.5. The van der Waals surface area contributed by atoms with Crippen molar-refractivity contribution >= 4 is 23.7 Å². The van der Waals surface area contributed by atoms with E-state index in [9.17, 15) is 14.4 Å². The van der Waals surface area contributed by atoms with E-state index in [2.05, 4.69) is 29.1 Å². The van der Waals surface area contributed by atoms with E-state index in [1.54, 1.807) is 30.1 Å². The van der Waals surface area contributed by atoms with Crippen molar-refractivity contribution in [2.24, 2.45) is 5.92 Å². The zero-order valence-corrected chi connectivity index (χ0v) is 25.0. The molecule has 1 saturated heterocycles. The number of hydrogen-bond acceptors (Lipinski definition) is 8. The van der Waals surface area contributed by atoms with Crippen LogP contribution in [-0.2, 0) is 22.6 Å². The number of amides is 3. The Morgan fingerprint density at radius 1 is 1.14 bits per heavy atom. The number of carbonyl (C=O) groups excluding carboxylic acids is 3. The molecule has 2 aliphatic rings. The van der Waals surface area contributed by atoms with Crippen molar-refractivity contribution in [2.75, 3.05) is 32.4 Å². The van der Waals surface area contributed by atoms with E-state index in [1.807, 2.05) is 37.3 Å². The number of anilines is 1. The lowest BCUT2D eigenvalue weighted by Crippen LogP contribution is -2.58. The van der Waals surface area contributed by atoms with E-state index in [0.717, 1.165) is 11.1 Å². The quantitative estimate of drug-likeness (QED) is 0.476. The van der Waals surface area contributed by atoms with Gasteiger partial charge < -0.3 is 30.3 Å². The summed E-state index contributed by atoms with van der Waals surface area (Å²) in [7, 11) is 1.58. The van der Waals surface area contributed by atoms with Crippen LogP contribution in [-0.4, -0.2) is 76.3 Å². The topological polar surface area (TPSA) is 140 Å². The van der Waals surface area contributed by atoms with Crippen molar-refractivity contribution in [3.05, 3.63) is 76.6 Å². The second-order valence-electron chi connectivity index (χ2n) is 11.7. The maximum Gasteiger partial charge on any atom is 0.272 e. The Labute approximate surface area is 251 Å². The molecule has 0 spiro atoms. The molecule has 0 radical (unpaired) electrons. The number of aromatic nitrogens is 2. The number of hydrogen-bond donors (Lipinski definition) is 2. The molecule has 0 aliphatic carbocycles. The number of ether oxygens (including phenoxy) is 2. The molecule has 2 atom stereocenters. The number of nitrogens with one attached hydrogen (secondary N) is 1. The van der Waals surface area contributed by atoms with Crippen LogP contribution in [0, 0.1) is 12.8 Å². The van der Waals surface area contributed by atoms with Crippen molar-refractivity contribution < 1.29 is 23.9 Å². The number of nitrogens with zero attached hydrogens (tertiary/aromatic N) is 4. The molecule has 3 amide bonds. The average molecular weight is 587 g/mol. The number of aryl methyl sites for hydroxylation is 1. The maximum absolute atomic E-state index is 13.6. The molecule has 43 heavy (non-hydrogen) atoms. The normalized spacial score (nSPS) is 19.5. The molecule has 3 aromatic rings. The van der Waals surface area contributed by atoms with Crippen molar-refractivity contribution in [3.8, 4) is 11.5 Å². The lowest BCUT2D eigenvalue weighted by Gasteiger charge is -2.39. The van der Waals surface area contributed by atoms with Crippen LogP contribution in [0.2, 0.25) is 0 Å². The zero-order chi connectivity index (χ0) is 30.7. The first-order chi connectivity index (χ1) is 20.5. The summed E-state index contributed by atoms with van der Waals surface area (Å²) in [6, 6.07) is 14.0. The first-order valence-corrected chi connectivity index (χ1v) is 14.5. The maximum atomic E-state index is 13.6. The fraction of sp³-hybridized carbons (Fsp3) is 0.406. The van der Waals surface area contributed by atoms with Gasteiger partial charge in [-0.2, -0.15) is 0 Å². The fourth-order valence-electron chi connectivity index (χ4n) is 5.40. The molecular formula is C32H38N6O5. The van der Waals surface area contributed by atoms with Crippen LogP contribution in [0.4, 0.5) is 5.95 Å². The van der Waals surface area contributed by atoms with Gasteiger partial charge in [0.15, 0.2) is 0 Å². The number of likely N-dealkylation sites (N-methyl/N-ethyl adjacent to an activating group) is 1. The van der Waals surface area contributed by atoms with Crippen LogP contribution in [0.25, 0.3) is 0 Å². The highest BCUT2D eigenvalue weighted by atomic mass is 16.5. The van der Waals surface area contributed by atoms with Crippen LogP contribution < -0.4 is 15.8 Å². The third-order valence-corrected chi connectivity index (χ3v) is 7.57. The van der Waals surface area contributed by atoms with Gasteiger partial charge >= 0.3 is 0 Å². The van der Waals surface area contributed by atoms with Gasteiger partial charge in [-0.05, 0) is 67.1 Å². The number of benzene rings is 2. The van der Waals surface area contributed by atoms with Gasteiger partial charge in [0.25, 0.3) is 11.8 Å². The molecule has 2 aromatic carbocycles. The van der Waals surface area contributed by atoms with Crippen LogP contribution in [0.15, 0.2) is 48.5 Å². The van der Waals surface area contributed by atoms with Crippen LogP contribution in [0.5, 0.6) is 11.5 Å². The average Bonchev–Trinajstić information content (AvgIpc) is 2.96. The monoisotopic (exact) mass is 586 g/mol. The molecule has 3 N–H and O–H groups in total. The number of fused-ring (bicyclic) bond motifs is 5. The van der Waals surface area contributed by atoms with Crippen molar-refractivity contribution in [1.82, 2.24) is 25.1 Å². The number of carbonyl (C=O) groups is 3. The van der Waals surface area contributed by atoms with Crippen molar-refractivity contribution in [1.29, 1.82) is 0 Å². The SMILES string of the molecule is Cc1ccc2cc1Oc1cccc(c1)CO[C@@H]1CCN(C(=O)c3cc(CC(C)C)nc(N)n3)C[C@@H]1NC(=O)CN(C)C2=O. The van der Waals surface area contributed by atoms with E-state index >= 15 is 0 Å². The number of nitrogen functional groups attached to an aromatic ring is 1. The second kappa shape index (κ2) is 12.8. The van der Waals surface area contributed by atoms with Gasteiger partial charge in [0.05, 0.1) is 25.3 Å². The van der Waals surface area contributed by atoms with Gasteiger partial charge in [-0.1, -0.05) is 32.0 Å². The Morgan fingerprint density at radius 3 is 2.74 bits per heavy atom. The predicted molar refractivity (Wildman–Crippen MR) is 161 cm³/mol. The van der Waals surface area contributed by atoms with Gasteiger partial charge in [-0.15, -0.1) is 0 Å². The molecule has 11 heteroatoms. The third kappa shape index (κ3) is 7.29. The van der Waals surface area contributed by atoms with Crippen LogP contribution >= 0.6 is 0 Å². The standard InChI is InChI=1S/C32H38N6O5/c1-19(2)12-23-15-25(36-32(33)34-23)31(41)38-11-10-27-26(16-38)35-29(39)17-37(4)30(40)22-9-8-20(3)28(14-22)43-24-7-5-6-21(13-24)18-42-27/h5-9,13-15,19,26-27H,10-12,16-18H2,1-4H3,(H,35,39)(H2,33,34,36)/t26-,27+/m0/s1. The summed E-state index contributed by atoms with van der Waals surface area (Å²) in [6.45, 7) is 6.79. The zero-order valence-electron chi connectivity index (χ0n) is 25.0. The summed E-state index contributed by atoms with van der Waals surface area (Å²) in [4.78, 5) is 51.5. The lowest BCUT2D eigenvalue weighted by atomic mass is 10.0. The molecular weight excluding hydrogens is 548 g/mol. The summed E-state index contributed by atoms with van der Waals surface area (Å²) < 4.78 is 12.5. The van der Waals surface area contributed by atoms with Crippen molar-refractivity contribution in [3.63, 3.8) is 0 Å². The second-order valence-corrected chi connectivity index (χ2v) is 11.7. The Morgan fingerprint density at radius 2 is 1.95 bits per heavy atom. The molecule has 1 aromatic heterocycles. The van der Waals surface area contributed by atoms with Gasteiger partial charge in [-0.25, -0.2) is 9.97 Å². The molecule has 11 nitrogen and oxygen atoms in total. The van der Waals surface area contributed by atoms with Gasteiger partial charge in [0, 0.05) is 31.4 Å². The summed E-state index contributed by atoms with van der Waals surface area (Å²) in [5.41, 5.74) is 9.06. The molecule has 3 heterocycles. The Bertz CT molecular complexity index is 1530. The van der Waals surface area contributed by atoms with Gasteiger partial charge in [0.1, 0.15) is 17.2 Å². The summed E-state index contributed by atoms with van der Waals surface area (Å²) >= 11 is 0. The molecule has 5 rings (SSSR count). The Balaban J connectivity index is 1.40. The summed E-state index contributed by atoms with van der Waals surface area (Å²) in [5, 5.41) is 3.03. The third-order valence-electron chi connectivity index (χ3n) is 7.57.